The van der Waals surface area contributed by atoms with E-state index in [1.165, 1.54) is 0 Å². The zero-order valence-electron chi connectivity index (χ0n) is 16.2. The van der Waals surface area contributed by atoms with Gasteiger partial charge in [0.15, 0.2) is 11.6 Å². The zero-order chi connectivity index (χ0) is 20.8. The van der Waals surface area contributed by atoms with E-state index in [2.05, 4.69) is 0 Å². The average molecular weight is 392 g/mol. The van der Waals surface area contributed by atoms with Crippen LogP contribution in [0.4, 0.5) is 0 Å². The third-order valence-electron chi connectivity index (χ3n) is 4.99. The molecule has 0 saturated heterocycles. The van der Waals surface area contributed by atoms with E-state index in [0.29, 0.717) is 28.0 Å². The minimum Gasteiger partial charge on any atom is -0.491 e. The quantitative estimate of drug-likeness (QED) is 0.675. The number of Topliss-reactive ketones (excluding diaryl/α,β-unsaturated/α-hetero) is 2. The molecule has 150 valence electrons. The SMILES string of the molecule is CC(CO)C1C(=O)C(c2ccc(OCCO)cc2)=CC=C1C(=O)c1ccccc1. The molecule has 29 heavy (non-hydrogen) atoms. The lowest BCUT2D eigenvalue weighted by Gasteiger charge is -2.27. The van der Waals surface area contributed by atoms with Crippen LogP contribution in [-0.2, 0) is 4.79 Å². The van der Waals surface area contributed by atoms with Gasteiger partial charge in [0, 0.05) is 23.3 Å². The van der Waals surface area contributed by atoms with Gasteiger partial charge in [0.25, 0.3) is 0 Å². The molecule has 0 saturated carbocycles. The largest absolute Gasteiger partial charge is 0.491 e. The molecule has 0 radical (unpaired) electrons. The summed E-state index contributed by atoms with van der Waals surface area (Å²) in [7, 11) is 0. The highest BCUT2D eigenvalue weighted by Crippen LogP contribution is 2.35. The zero-order valence-corrected chi connectivity index (χ0v) is 16.2. The minimum absolute atomic E-state index is 0.0743. The van der Waals surface area contributed by atoms with Gasteiger partial charge in [0.05, 0.1) is 12.5 Å². The molecule has 3 rings (SSSR count). The van der Waals surface area contributed by atoms with Crippen molar-refractivity contribution >= 4 is 17.1 Å². The summed E-state index contributed by atoms with van der Waals surface area (Å²) >= 11 is 0. The Morgan fingerprint density at radius 1 is 1.03 bits per heavy atom. The van der Waals surface area contributed by atoms with Gasteiger partial charge >= 0.3 is 0 Å². The molecule has 0 heterocycles. The first-order valence-corrected chi connectivity index (χ1v) is 9.57. The standard InChI is InChI=1S/C24H24O5/c1-16(15-26)22-21(23(27)18-5-3-2-4-6-18)12-11-20(24(22)28)17-7-9-19(10-8-17)29-14-13-25/h2-12,16,22,25-26H,13-15H2,1H3. The maximum Gasteiger partial charge on any atom is 0.189 e. The molecule has 2 aromatic rings. The first kappa shape index (κ1) is 20.7. The highest BCUT2D eigenvalue weighted by molar-refractivity contribution is 6.27. The number of allylic oxidation sites excluding steroid dienone is 4. The van der Waals surface area contributed by atoms with Crippen molar-refractivity contribution in [3.63, 3.8) is 0 Å². The highest BCUT2D eigenvalue weighted by Gasteiger charge is 2.36. The van der Waals surface area contributed by atoms with Gasteiger partial charge in [0.2, 0.25) is 0 Å². The van der Waals surface area contributed by atoms with Crippen molar-refractivity contribution in [2.75, 3.05) is 19.8 Å². The third kappa shape index (κ3) is 4.53. The number of benzene rings is 2. The van der Waals surface area contributed by atoms with Crippen molar-refractivity contribution in [2.45, 2.75) is 6.92 Å². The molecule has 1 aliphatic rings. The second-order valence-electron chi connectivity index (χ2n) is 7.00. The molecule has 2 aromatic carbocycles. The van der Waals surface area contributed by atoms with Gasteiger partial charge in [-0.3, -0.25) is 9.59 Å². The average Bonchev–Trinajstić information content (AvgIpc) is 2.77. The molecule has 0 aromatic heterocycles. The van der Waals surface area contributed by atoms with E-state index in [1.54, 1.807) is 67.6 Å². The van der Waals surface area contributed by atoms with Crippen LogP contribution < -0.4 is 4.74 Å². The number of carbonyl (C=O) groups excluding carboxylic acids is 2. The second kappa shape index (κ2) is 9.45. The number of ketones is 2. The molecule has 2 N–H and O–H groups in total. The number of hydrogen-bond donors (Lipinski definition) is 2. The lowest BCUT2D eigenvalue weighted by molar-refractivity contribution is -0.118. The smallest absolute Gasteiger partial charge is 0.189 e. The van der Waals surface area contributed by atoms with Gasteiger partial charge < -0.3 is 14.9 Å². The summed E-state index contributed by atoms with van der Waals surface area (Å²) in [6, 6.07) is 15.9. The van der Waals surface area contributed by atoms with Crippen LogP contribution >= 0.6 is 0 Å². The number of hydrogen-bond acceptors (Lipinski definition) is 5. The van der Waals surface area contributed by atoms with Crippen LogP contribution in [0.3, 0.4) is 0 Å². The van der Waals surface area contributed by atoms with Crippen molar-refractivity contribution in [2.24, 2.45) is 11.8 Å². The van der Waals surface area contributed by atoms with E-state index in [0.717, 1.165) is 0 Å². The predicted octanol–water partition coefficient (Wildman–Crippen LogP) is 3.08. The van der Waals surface area contributed by atoms with E-state index in [1.807, 2.05) is 6.07 Å². The summed E-state index contributed by atoms with van der Waals surface area (Å²) < 4.78 is 5.35. The van der Waals surface area contributed by atoms with Crippen LogP contribution in [0.1, 0.15) is 22.8 Å². The lowest BCUT2D eigenvalue weighted by atomic mass is 9.74. The van der Waals surface area contributed by atoms with Gasteiger partial charge in [-0.2, -0.15) is 0 Å². The Kier molecular flexibility index (Phi) is 6.75. The Hall–Kier alpha value is -3.02. The summed E-state index contributed by atoms with van der Waals surface area (Å²) in [5.41, 5.74) is 2.12. The summed E-state index contributed by atoms with van der Waals surface area (Å²) in [6.45, 7) is 1.69. The summed E-state index contributed by atoms with van der Waals surface area (Å²) in [5, 5.41) is 18.5. The van der Waals surface area contributed by atoms with Crippen LogP contribution in [0.5, 0.6) is 5.75 Å². The summed E-state index contributed by atoms with van der Waals surface area (Å²) in [6.07, 6.45) is 3.36. The number of ether oxygens (including phenoxy) is 1. The summed E-state index contributed by atoms with van der Waals surface area (Å²) in [4.78, 5) is 26.3. The van der Waals surface area contributed by atoms with Crippen LogP contribution in [0.15, 0.2) is 72.3 Å². The fourth-order valence-corrected chi connectivity index (χ4v) is 3.44. The maximum atomic E-state index is 13.3. The van der Waals surface area contributed by atoms with Crippen LogP contribution in [-0.4, -0.2) is 41.6 Å². The topological polar surface area (TPSA) is 83.8 Å². The molecule has 0 spiro atoms. The molecule has 5 nitrogen and oxygen atoms in total. The maximum absolute atomic E-state index is 13.3. The molecule has 1 aliphatic carbocycles. The van der Waals surface area contributed by atoms with Crippen molar-refractivity contribution in [1.29, 1.82) is 0 Å². The number of aliphatic hydroxyl groups is 2. The van der Waals surface area contributed by atoms with Crippen molar-refractivity contribution in [1.82, 2.24) is 0 Å². The molecule has 0 bridgehead atoms. The Labute approximate surface area is 170 Å². The molecule has 0 aliphatic heterocycles. The van der Waals surface area contributed by atoms with Crippen molar-refractivity contribution in [3.8, 4) is 5.75 Å². The van der Waals surface area contributed by atoms with Gasteiger partial charge in [-0.1, -0.05) is 61.5 Å². The Bertz CT molecular complexity index is 926. The number of rotatable bonds is 8. The first-order chi connectivity index (χ1) is 14.1. The third-order valence-corrected chi connectivity index (χ3v) is 4.99. The van der Waals surface area contributed by atoms with Crippen molar-refractivity contribution < 1.29 is 24.5 Å². The van der Waals surface area contributed by atoms with E-state index < -0.39 is 11.8 Å². The lowest BCUT2D eigenvalue weighted by Crippen LogP contribution is -2.32. The van der Waals surface area contributed by atoms with E-state index in [4.69, 9.17) is 9.84 Å². The second-order valence-corrected chi connectivity index (χ2v) is 7.00. The van der Waals surface area contributed by atoms with Gasteiger partial charge in [-0.25, -0.2) is 0 Å². The number of aliphatic hydroxyl groups excluding tert-OH is 2. The van der Waals surface area contributed by atoms with E-state index >= 15 is 0 Å². The van der Waals surface area contributed by atoms with Crippen LogP contribution in [0, 0.1) is 11.8 Å². The van der Waals surface area contributed by atoms with Gasteiger partial charge in [0.1, 0.15) is 12.4 Å². The van der Waals surface area contributed by atoms with E-state index in [9.17, 15) is 14.7 Å². The minimum atomic E-state index is -0.710. The molecule has 2 unspecified atom stereocenters. The molecule has 0 fully saturated rings. The fourth-order valence-electron chi connectivity index (χ4n) is 3.44. The first-order valence-electron chi connectivity index (χ1n) is 9.57. The van der Waals surface area contributed by atoms with Crippen LogP contribution in [0.2, 0.25) is 0 Å². The highest BCUT2D eigenvalue weighted by atomic mass is 16.5. The number of carbonyl (C=O) groups is 2. The van der Waals surface area contributed by atoms with Crippen LogP contribution in [0.25, 0.3) is 5.57 Å². The Balaban J connectivity index is 1.95. The molecule has 2 atom stereocenters. The normalized spacial score (nSPS) is 17.3. The van der Waals surface area contributed by atoms with Gasteiger partial charge in [-0.15, -0.1) is 0 Å². The monoisotopic (exact) mass is 392 g/mol. The molecular formula is C24H24O5. The molecule has 5 heteroatoms. The predicted molar refractivity (Wildman–Crippen MR) is 111 cm³/mol. The Morgan fingerprint density at radius 2 is 1.72 bits per heavy atom. The summed E-state index contributed by atoms with van der Waals surface area (Å²) in [5.74, 6) is -0.887. The fraction of sp³-hybridized carbons (Fsp3) is 0.250. The Morgan fingerprint density at radius 3 is 2.34 bits per heavy atom. The molecular weight excluding hydrogens is 368 g/mol. The van der Waals surface area contributed by atoms with Gasteiger partial charge in [-0.05, 0) is 23.6 Å². The molecule has 0 amide bonds. The van der Waals surface area contributed by atoms with E-state index in [-0.39, 0.29) is 31.4 Å². The van der Waals surface area contributed by atoms with Crippen molar-refractivity contribution in [3.05, 3.63) is 83.4 Å².